The third-order valence-corrected chi connectivity index (χ3v) is 6.38. The zero-order valence-electron chi connectivity index (χ0n) is 16.5. The van der Waals surface area contributed by atoms with Crippen LogP contribution in [0.3, 0.4) is 0 Å². The lowest BCUT2D eigenvalue weighted by atomic mass is 9.92. The van der Waals surface area contributed by atoms with Crippen molar-refractivity contribution in [2.45, 2.75) is 50.7 Å². The first-order valence-electron chi connectivity index (χ1n) is 10.7. The van der Waals surface area contributed by atoms with E-state index >= 15 is 0 Å². The van der Waals surface area contributed by atoms with Crippen LogP contribution in [0.5, 0.6) is 0 Å². The van der Waals surface area contributed by atoms with Gasteiger partial charge in [-0.15, -0.1) is 0 Å². The number of halogens is 1. The van der Waals surface area contributed by atoms with Crippen LogP contribution in [0.25, 0.3) is 0 Å². The Bertz CT molecular complexity index is 725. The lowest BCUT2D eigenvalue weighted by Gasteiger charge is -2.37. The molecule has 0 aromatic heterocycles. The Balaban J connectivity index is 1.53. The number of hydrogen-bond donors (Lipinski definition) is 1. The van der Waals surface area contributed by atoms with E-state index < -0.39 is 12.1 Å². The molecule has 28 heavy (non-hydrogen) atoms. The van der Waals surface area contributed by atoms with Gasteiger partial charge in [0.05, 0.1) is 12.1 Å². The molecule has 1 N–H and O–H groups in total. The molecule has 4 rings (SSSR count). The van der Waals surface area contributed by atoms with E-state index in [9.17, 15) is 14.3 Å². The van der Waals surface area contributed by atoms with E-state index in [1.165, 1.54) is 25.3 Å². The second kappa shape index (κ2) is 8.85. The second-order valence-corrected chi connectivity index (χ2v) is 8.52. The van der Waals surface area contributed by atoms with Crippen LogP contribution in [-0.2, 0) is 4.79 Å². The molecule has 2 saturated heterocycles. The fraction of sp³-hybridized carbons (Fsp3) is 0.609. The SMILES string of the molecule is O=C(C1CC1)C(c1ccccc1F)N1CCC(O)/C(=C\CN2CCCCC2)C1. The standard InChI is InChI=1S/C23H31FN2O2/c24-20-7-3-2-6-19(20)22(23(28)17-8-9-17)26-15-11-21(27)18(16-26)10-14-25-12-4-1-5-13-25/h2-3,6-7,10,17,21-22,27H,1,4-5,8-9,11-16H2/b18-10-. The van der Waals surface area contributed by atoms with Crippen LogP contribution >= 0.6 is 0 Å². The van der Waals surface area contributed by atoms with E-state index in [0.29, 0.717) is 25.1 Å². The number of likely N-dealkylation sites (tertiary alicyclic amines) is 2. The first kappa shape index (κ1) is 19.7. The number of carbonyl (C=O) groups excluding carboxylic acids is 1. The Morgan fingerprint density at radius 1 is 1.14 bits per heavy atom. The van der Waals surface area contributed by atoms with Crippen molar-refractivity contribution in [3.63, 3.8) is 0 Å². The Hall–Kier alpha value is -1.56. The van der Waals surface area contributed by atoms with Crippen molar-refractivity contribution in [3.8, 4) is 0 Å². The first-order valence-corrected chi connectivity index (χ1v) is 10.7. The van der Waals surface area contributed by atoms with Gasteiger partial charge >= 0.3 is 0 Å². The molecule has 0 radical (unpaired) electrons. The minimum absolute atomic E-state index is 0.0669. The monoisotopic (exact) mass is 386 g/mol. The van der Waals surface area contributed by atoms with Gasteiger partial charge in [0.1, 0.15) is 5.82 Å². The molecule has 4 nitrogen and oxygen atoms in total. The average Bonchev–Trinajstić information content (AvgIpc) is 3.56. The lowest BCUT2D eigenvalue weighted by molar-refractivity contribution is -0.126. The van der Waals surface area contributed by atoms with E-state index in [4.69, 9.17) is 0 Å². The van der Waals surface area contributed by atoms with Crippen LogP contribution in [-0.4, -0.2) is 59.5 Å². The quantitative estimate of drug-likeness (QED) is 0.762. The maximum Gasteiger partial charge on any atom is 0.157 e. The third-order valence-electron chi connectivity index (χ3n) is 6.38. The van der Waals surface area contributed by atoms with Gasteiger partial charge in [-0.3, -0.25) is 14.6 Å². The van der Waals surface area contributed by atoms with Crippen LogP contribution in [0.15, 0.2) is 35.9 Å². The summed E-state index contributed by atoms with van der Waals surface area (Å²) in [7, 11) is 0. The summed E-state index contributed by atoms with van der Waals surface area (Å²) in [5, 5.41) is 10.5. The highest BCUT2D eigenvalue weighted by molar-refractivity contribution is 5.89. The number of Topliss-reactive ketones (excluding diaryl/α,β-unsaturated/α-hetero) is 1. The molecule has 3 aliphatic rings. The van der Waals surface area contributed by atoms with Crippen molar-refractivity contribution in [1.29, 1.82) is 0 Å². The highest BCUT2D eigenvalue weighted by Crippen LogP contribution is 2.39. The normalized spacial score (nSPS) is 27.1. The molecule has 3 fully saturated rings. The molecular weight excluding hydrogens is 355 g/mol. The lowest BCUT2D eigenvalue weighted by Crippen LogP contribution is -2.44. The van der Waals surface area contributed by atoms with Gasteiger partial charge in [0.15, 0.2) is 5.78 Å². The molecule has 2 aliphatic heterocycles. The third kappa shape index (κ3) is 4.53. The predicted octanol–water partition coefficient (Wildman–Crippen LogP) is 3.32. The first-order chi connectivity index (χ1) is 13.6. The maximum atomic E-state index is 14.6. The van der Waals surface area contributed by atoms with Gasteiger partial charge in [0.25, 0.3) is 0 Å². The number of aliphatic hydroxyl groups is 1. The van der Waals surface area contributed by atoms with Gasteiger partial charge in [-0.25, -0.2) is 4.39 Å². The fourth-order valence-corrected chi connectivity index (χ4v) is 4.52. The topological polar surface area (TPSA) is 43.8 Å². The molecule has 0 spiro atoms. The number of rotatable bonds is 6. The minimum Gasteiger partial charge on any atom is -0.389 e. The highest BCUT2D eigenvalue weighted by atomic mass is 19.1. The molecule has 1 saturated carbocycles. The van der Waals surface area contributed by atoms with Crippen molar-refractivity contribution < 1.29 is 14.3 Å². The average molecular weight is 387 g/mol. The molecule has 5 heteroatoms. The molecule has 152 valence electrons. The van der Waals surface area contributed by atoms with Gasteiger partial charge in [-0.05, 0) is 56.8 Å². The molecular formula is C23H31FN2O2. The van der Waals surface area contributed by atoms with Crippen LogP contribution in [0.4, 0.5) is 4.39 Å². The van der Waals surface area contributed by atoms with E-state index in [1.54, 1.807) is 18.2 Å². The van der Waals surface area contributed by atoms with Gasteiger partial charge in [0.2, 0.25) is 0 Å². The molecule has 1 aliphatic carbocycles. The van der Waals surface area contributed by atoms with E-state index in [-0.39, 0.29) is 17.5 Å². The maximum absolute atomic E-state index is 14.6. The summed E-state index contributed by atoms with van der Waals surface area (Å²) >= 11 is 0. The second-order valence-electron chi connectivity index (χ2n) is 8.52. The van der Waals surface area contributed by atoms with E-state index in [0.717, 1.165) is 38.0 Å². The summed E-state index contributed by atoms with van der Waals surface area (Å²) in [6, 6.07) is 6.11. The predicted molar refractivity (Wildman–Crippen MR) is 107 cm³/mol. The summed E-state index contributed by atoms with van der Waals surface area (Å²) in [6.07, 6.45) is 7.88. The van der Waals surface area contributed by atoms with Crippen molar-refractivity contribution in [3.05, 3.63) is 47.3 Å². The zero-order chi connectivity index (χ0) is 19.5. The Morgan fingerprint density at radius 2 is 1.89 bits per heavy atom. The minimum atomic E-state index is -0.542. The summed E-state index contributed by atoms with van der Waals surface area (Å²) < 4.78 is 14.6. The fourth-order valence-electron chi connectivity index (χ4n) is 4.52. The van der Waals surface area contributed by atoms with Crippen molar-refractivity contribution in [1.82, 2.24) is 9.80 Å². The summed E-state index contributed by atoms with van der Waals surface area (Å²) in [6.45, 7) is 4.22. The summed E-state index contributed by atoms with van der Waals surface area (Å²) in [4.78, 5) is 17.6. The molecule has 0 bridgehead atoms. The van der Waals surface area contributed by atoms with Crippen LogP contribution < -0.4 is 0 Å². The van der Waals surface area contributed by atoms with Crippen LogP contribution in [0, 0.1) is 11.7 Å². The van der Waals surface area contributed by atoms with Gasteiger partial charge in [0, 0.05) is 31.1 Å². The molecule has 2 atom stereocenters. The Kier molecular flexibility index (Phi) is 6.24. The van der Waals surface area contributed by atoms with Crippen LogP contribution in [0.2, 0.25) is 0 Å². The molecule has 1 aromatic rings. The van der Waals surface area contributed by atoms with E-state index in [2.05, 4.69) is 15.9 Å². The number of aliphatic hydroxyl groups excluding tert-OH is 1. The molecule has 2 unspecified atom stereocenters. The largest absolute Gasteiger partial charge is 0.389 e. The number of carbonyl (C=O) groups is 1. The summed E-state index contributed by atoms with van der Waals surface area (Å²) in [5.74, 6) is -0.111. The van der Waals surface area contributed by atoms with Crippen LogP contribution in [0.1, 0.15) is 50.1 Å². The van der Waals surface area contributed by atoms with Gasteiger partial charge < -0.3 is 5.11 Å². The Labute approximate surface area is 167 Å². The van der Waals surface area contributed by atoms with Crippen molar-refractivity contribution in [2.75, 3.05) is 32.7 Å². The molecule has 2 heterocycles. The number of piperidine rings is 2. The molecule has 0 amide bonds. The Morgan fingerprint density at radius 3 is 2.61 bits per heavy atom. The van der Waals surface area contributed by atoms with Crippen molar-refractivity contribution >= 4 is 5.78 Å². The zero-order valence-corrected chi connectivity index (χ0v) is 16.5. The summed E-state index contributed by atoms with van der Waals surface area (Å²) in [5.41, 5.74) is 1.45. The number of nitrogens with zero attached hydrogens (tertiary/aromatic N) is 2. The van der Waals surface area contributed by atoms with Gasteiger partial charge in [-0.2, -0.15) is 0 Å². The number of benzene rings is 1. The number of ketones is 1. The van der Waals surface area contributed by atoms with Crippen molar-refractivity contribution in [2.24, 2.45) is 5.92 Å². The van der Waals surface area contributed by atoms with Gasteiger partial charge in [-0.1, -0.05) is 30.7 Å². The van der Waals surface area contributed by atoms with E-state index in [1.807, 2.05) is 0 Å². The molecule has 1 aromatic carbocycles. The highest BCUT2D eigenvalue weighted by Gasteiger charge is 2.40. The number of hydrogen-bond acceptors (Lipinski definition) is 4. The smallest absolute Gasteiger partial charge is 0.157 e.